The van der Waals surface area contributed by atoms with Crippen molar-refractivity contribution in [2.45, 2.75) is 52.4 Å². The zero-order valence-electron chi connectivity index (χ0n) is 37.1. The summed E-state index contributed by atoms with van der Waals surface area (Å²) in [4.78, 5) is 33.4. The molecule has 0 bridgehead atoms. The number of rotatable bonds is 4. The van der Waals surface area contributed by atoms with Gasteiger partial charge in [-0.2, -0.15) is 0 Å². The van der Waals surface area contributed by atoms with Crippen molar-refractivity contribution in [1.82, 2.24) is 0 Å². The number of carbonyl (C=O) groups is 2. The van der Waals surface area contributed by atoms with Crippen LogP contribution in [0.15, 0.2) is 182 Å². The number of hydrogen-bond acceptors (Lipinski definition) is 2. The molecule has 64 heavy (non-hydrogen) atoms. The van der Waals surface area contributed by atoms with Crippen LogP contribution in [0.2, 0.25) is 0 Å². The molecule has 10 aromatic carbocycles. The lowest BCUT2D eigenvalue weighted by molar-refractivity contribution is 0.0981. The molecule has 0 spiro atoms. The van der Waals surface area contributed by atoms with E-state index in [2.05, 4.69) is 187 Å². The molecule has 2 nitrogen and oxygen atoms in total. The average Bonchev–Trinajstić information content (AvgIpc) is 3.30. The van der Waals surface area contributed by atoms with Gasteiger partial charge in [0.1, 0.15) is 0 Å². The molecule has 1 aliphatic rings. The fraction of sp³-hybridized carbons (Fsp3) is 0.129. The Morgan fingerprint density at radius 3 is 0.750 bits per heavy atom. The van der Waals surface area contributed by atoms with Gasteiger partial charge in [-0.05, 0) is 112 Å². The van der Waals surface area contributed by atoms with Crippen molar-refractivity contribution >= 4 is 54.7 Å². The zero-order chi connectivity index (χ0) is 44.1. The molecule has 1 aliphatic carbocycles. The van der Waals surface area contributed by atoms with Crippen molar-refractivity contribution in [3.8, 4) is 44.5 Å². The van der Waals surface area contributed by atoms with Crippen molar-refractivity contribution in [2.75, 3.05) is 0 Å². The lowest BCUT2D eigenvalue weighted by Gasteiger charge is -2.30. The molecule has 308 valence electrons. The fourth-order valence-corrected chi connectivity index (χ4v) is 10.2. The quantitative estimate of drug-likeness (QED) is 0.166. The van der Waals surface area contributed by atoms with Gasteiger partial charge >= 0.3 is 0 Å². The zero-order valence-corrected chi connectivity index (χ0v) is 37.1. The third-order valence-corrected chi connectivity index (χ3v) is 13.5. The predicted octanol–water partition coefficient (Wildman–Crippen LogP) is 16.3. The highest BCUT2D eigenvalue weighted by Gasteiger charge is 2.41. The maximum atomic E-state index is 16.7. The largest absolute Gasteiger partial charge is 0.289 e. The number of hydrogen-bond donors (Lipinski definition) is 0. The van der Waals surface area contributed by atoms with E-state index in [4.69, 9.17) is 0 Å². The van der Waals surface area contributed by atoms with Crippen molar-refractivity contribution in [3.63, 3.8) is 0 Å². The van der Waals surface area contributed by atoms with Crippen LogP contribution in [0.1, 0.15) is 84.5 Å². The second-order valence-corrected chi connectivity index (χ2v) is 19.5. The average molecular weight is 825 g/mol. The Hall–Kier alpha value is -7.42. The van der Waals surface area contributed by atoms with E-state index in [0.29, 0.717) is 22.3 Å². The SMILES string of the molecule is CC(C)(C)c1ccc(-c2c3c(c(-c4ccccc4)c4cc5ccccc5cc24)C(=O)c2c(c(-c4ccc(C(C)(C)C)cc4)c4cc5ccccc5cc4c2-c2ccccc2)C3=O)cc1. The minimum absolute atomic E-state index is 0.0748. The summed E-state index contributed by atoms with van der Waals surface area (Å²) in [5.74, 6) is -0.290. The van der Waals surface area contributed by atoms with Crippen LogP contribution in [-0.4, -0.2) is 11.6 Å². The molecule has 0 aliphatic heterocycles. The molecule has 0 N–H and O–H groups in total. The molecule has 0 saturated heterocycles. The summed E-state index contributed by atoms with van der Waals surface area (Å²) in [6.07, 6.45) is 0. The van der Waals surface area contributed by atoms with Crippen LogP contribution in [0, 0.1) is 0 Å². The predicted molar refractivity (Wildman–Crippen MR) is 269 cm³/mol. The number of carbonyl (C=O) groups excluding carboxylic acids is 2. The maximum Gasteiger partial charge on any atom is 0.195 e. The molecule has 0 heterocycles. The van der Waals surface area contributed by atoms with Gasteiger partial charge in [0.15, 0.2) is 11.6 Å². The molecule has 0 fully saturated rings. The van der Waals surface area contributed by atoms with Crippen molar-refractivity contribution in [2.24, 2.45) is 0 Å². The van der Waals surface area contributed by atoms with E-state index in [1.54, 1.807) is 0 Å². The Morgan fingerprint density at radius 1 is 0.266 bits per heavy atom. The molecule has 0 amide bonds. The fourth-order valence-electron chi connectivity index (χ4n) is 10.2. The first-order valence-corrected chi connectivity index (χ1v) is 22.3. The van der Waals surface area contributed by atoms with E-state index in [1.165, 1.54) is 11.1 Å². The van der Waals surface area contributed by atoms with Gasteiger partial charge in [-0.25, -0.2) is 0 Å². The maximum absolute atomic E-state index is 16.7. The third-order valence-electron chi connectivity index (χ3n) is 13.5. The van der Waals surface area contributed by atoms with Gasteiger partial charge < -0.3 is 0 Å². The smallest absolute Gasteiger partial charge is 0.195 e. The Labute approximate surface area is 374 Å². The van der Waals surface area contributed by atoms with Crippen LogP contribution in [-0.2, 0) is 10.8 Å². The van der Waals surface area contributed by atoms with E-state index in [1.807, 2.05) is 36.4 Å². The molecule has 0 atom stereocenters. The minimum Gasteiger partial charge on any atom is -0.289 e. The first-order valence-electron chi connectivity index (χ1n) is 22.3. The molecule has 10 aromatic rings. The highest BCUT2D eigenvalue weighted by Crippen LogP contribution is 2.52. The van der Waals surface area contributed by atoms with Crippen LogP contribution >= 0.6 is 0 Å². The highest BCUT2D eigenvalue weighted by atomic mass is 16.1. The molecule has 2 heteroatoms. The van der Waals surface area contributed by atoms with Crippen LogP contribution in [0.3, 0.4) is 0 Å². The summed E-state index contributed by atoms with van der Waals surface area (Å²) < 4.78 is 0. The standard InChI is InChI=1S/C62H48O2/c1-61(2,3)45-29-25-39(26-30-45)53-49-35-43-23-15-13-21-41(43)33-47(49)51(37-17-9-7-10-18-37)55-57(53)60(64)58-54(40-27-31-46(32-28-40)62(4,5)6)50-36-44-24-16-14-22-42(44)34-48(50)52(56(58)59(55)63)38-19-11-8-12-20-38/h7-36H,1-6H3. The van der Waals surface area contributed by atoms with Crippen molar-refractivity contribution < 1.29 is 9.59 Å². The molecule has 0 saturated carbocycles. The summed E-state index contributed by atoms with van der Waals surface area (Å²) in [5.41, 5.74) is 10.8. The minimum atomic E-state index is -0.146. The summed E-state index contributed by atoms with van der Waals surface area (Å²) in [5, 5.41) is 8.04. The van der Waals surface area contributed by atoms with Gasteiger partial charge in [-0.3, -0.25) is 9.59 Å². The van der Waals surface area contributed by atoms with E-state index < -0.39 is 0 Å². The lowest BCUT2D eigenvalue weighted by atomic mass is 9.70. The lowest BCUT2D eigenvalue weighted by Crippen LogP contribution is -2.25. The summed E-state index contributed by atoms with van der Waals surface area (Å²) >= 11 is 0. The topological polar surface area (TPSA) is 34.1 Å². The Morgan fingerprint density at radius 2 is 0.500 bits per heavy atom. The van der Waals surface area contributed by atoms with Crippen molar-refractivity contribution in [3.05, 3.63) is 215 Å². The monoisotopic (exact) mass is 824 g/mol. The summed E-state index contributed by atoms with van der Waals surface area (Å²) in [6, 6.07) is 63.3. The van der Waals surface area contributed by atoms with E-state index in [9.17, 15) is 0 Å². The van der Waals surface area contributed by atoms with Gasteiger partial charge in [0.05, 0.1) is 0 Å². The van der Waals surface area contributed by atoms with Crippen LogP contribution in [0.25, 0.3) is 87.6 Å². The van der Waals surface area contributed by atoms with Gasteiger partial charge in [0.2, 0.25) is 0 Å². The van der Waals surface area contributed by atoms with E-state index >= 15 is 9.59 Å². The Kier molecular flexibility index (Phi) is 8.98. The molecule has 0 unspecified atom stereocenters. The first kappa shape index (κ1) is 39.4. The normalized spacial score (nSPS) is 12.9. The van der Waals surface area contributed by atoms with Crippen molar-refractivity contribution in [1.29, 1.82) is 0 Å². The number of fused-ring (bicyclic) bond motifs is 6. The molecule has 0 radical (unpaired) electrons. The third kappa shape index (κ3) is 6.23. The molecular weight excluding hydrogens is 777 g/mol. The van der Waals surface area contributed by atoms with Gasteiger partial charge in [-0.15, -0.1) is 0 Å². The first-order chi connectivity index (χ1) is 30.9. The Bertz CT molecular complexity index is 3310. The van der Waals surface area contributed by atoms with Crippen LogP contribution in [0.4, 0.5) is 0 Å². The second kappa shape index (κ2) is 14.6. The van der Waals surface area contributed by atoms with E-state index in [0.717, 1.165) is 87.6 Å². The van der Waals surface area contributed by atoms with Gasteiger partial charge in [0.25, 0.3) is 0 Å². The van der Waals surface area contributed by atoms with E-state index in [-0.39, 0.29) is 22.4 Å². The molecule has 11 rings (SSSR count). The van der Waals surface area contributed by atoms with Gasteiger partial charge in [-0.1, -0.05) is 199 Å². The second-order valence-electron chi connectivity index (χ2n) is 19.5. The van der Waals surface area contributed by atoms with Crippen LogP contribution in [0.5, 0.6) is 0 Å². The Balaban J connectivity index is 1.36. The van der Waals surface area contributed by atoms with Gasteiger partial charge in [0, 0.05) is 44.5 Å². The summed E-state index contributed by atoms with van der Waals surface area (Å²) in [6.45, 7) is 13.3. The summed E-state index contributed by atoms with van der Waals surface area (Å²) in [7, 11) is 0. The molecule has 0 aromatic heterocycles. The van der Waals surface area contributed by atoms with Crippen LogP contribution < -0.4 is 0 Å². The number of benzene rings is 10. The highest BCUT2D eigenvalue weighted by molar-refractivity contribution is 6.41. The molecular formula is C62H48O2. The number of ketones is 2.